The van der Waals surface area contributed by atoms with Crippen molar-refractivity contribution in [1.29, 1.82) is 0 Å². The number of nitrogens with zero attached hydrogens (tertiary/aromatic N) is 1. The van der Waals surface area contributed by atoms with Crippen LogP contribution in [0.2, 0.25) is 0 Å². The maximum Gasteiger partial charge on any atom is 0.416 e. The fourth-order valence-corrected chi connectivity index (χ4v) is 3.11. The van der Waals surface area contributed by atoms with Gasteiger partial charge in [0, 0.05) is 10.9 Å². The number of aromatic nitrogens is 1. The summed E-state index contributed by atoms with van der Waals surface area (Å²) in [6, 6.07) is 7.78. The van der Waals surface area contributed by atoms with E-state index in [4.69, 9.17) is 0 Å². The zero-order chi connectivity index (χ0) is 16.6. The quantitative estimate of drug-likeness (QED) is 0.788. The predicted molar refractivity (Wildman–Crippen MR) is 82.5 cm³/mol. The van der Waals surface area contributed by atoms with Crippen LogP contribution in [0.15, 0.2) is 52.8 Å². The third kappa shape index (κ3) is 3.16. The summed E-state index contributed by atoms with van der Waals surface area (Å²) in [4.78, 5) is 12.3. The molecule has 120 valence electrons. The molecule has 0 saturated carbocycles. The van der Waals surface area contributed by atoms with Crippen molar-refractivity contribution in [3.8, 4) is 0 Å². The molecule has 0 bridgehead atoms. The highest BCUT2D eigenvalue weighted by Gasteiger charge is 2.30. The first-order valence-corrected chi connectivity index (χ1v) is 7.66. The highest BCUT2D eigenvalue weighted by Crippen LogP contribution is 2.30. The minimum absolute atomic E-state index is 0.0179. The van der Waals surface area contributed by atoms with E-state index in [1.165, 1.54) is 28.0 Å². The molecule has 1 atom stereocenters. The summed E-state index contributed by atoms with van der Waals surface area (Å²) < 4.78 is 39.8. The molecular formula is C16H12F3NO2S. The Bertz CT molecular complexity index is 881. The van der Waals surface area contributed by atoms with E-state index in [1.807, 2.05) is 5.38 Å². The van der Waals surface area contributed by atoms with E-state index in [0.29, 0.717) is 10.9 Å². The predicted octanol–water partition coefficient (Wildman–Crippen LogP) is 3.82. The van der Waals surface area contributed by atoms with E-state index in [0.717, 1.165) is 16.8 Å². The summed E-state index contributed by atoms with van der Waals surface area (Å²) in [5.41, 5.74) is -0.671. The van der Waals surface area contributed by atoms with Gasteiger partial charge in [-0.25, -0.2) is 0 Å². The molecule has 3 nitrogen and oxygen atoms in total. The van der Waals surface area contributed by atoms with Crippen molar-refractivity contribution in [2.75, 3.05) is 0 Å². The van der Waals surface area contributed by atoms with Gasteiger partial charge in [-0.3, -0.25) is 4.79 Å². The monoisotopic (exact) mass is 339 g/mol. The Labute approximate surface area is 133 Å². The molecule has 0 aliphatic heterocycles. The number of hydrogen-bond acceptors (Lipinski definition) is 3. The highest BCUT2D eigenvalue weighted by atomic mass is 32.1. The van der Waals surface area contributed by atoms with Crippen LogP contribution in [0.3, 0.4) is 0 Å². The first-order chi connectivity index (χ1) is 10.9. The number of alkyl halides is 3. The maximum absolute atomic E-state index is 12.5. The summed E-state index contributed by atoms with van der Waals surface area (Å²) in [6.07, 6.45) is -3.90. The largest absolute Gasteiger partial charge is 0.416 e. The van der Waals surface area contributed by atoms with Crippen LogP contribution in [0.4, 0.5) is 13.2 Å². The van der Waals surface area contributed by atoms with Gasteiger partial charge >= 0.3 is 6.18 Å². The molecule has 0 saturated heterocycles. The zero-order valence-corrected chi connectivity index (χ0v) is 12.6. The summed E-state index contributed by atoms with van der Waals surface area (Å²) in [6.45, 7) is -0.0179. The molecular weight excluding hydrogens is 327 g/mol. The molecule has 7 heteroatoms. The standard InChI is InChI=1S/C16H12F3NO2S/c17-16(18,19)11-3-1-10(2-4-11)13(21)9-20-7-5-14-12(15(20)22)6-8-23-14/h1-8,13,21H,9H2. The Hall–Kier alpha value is -2.12. The third-order valence-electron chi connectivity index (χ3n) is 3.58. The second-order valence-corrected chi connectivity index (χ2v) is 6.06. The molecule has 3 rings (SSSR count). The number of aliphatic hydroxyl groups excluding tert-OH is 1. The van der Waals surface area contributed by atoms with Crippen molar-refractivity contribution in [3.05, 3.63) is 69.5 Å². The average molecular weight is 339 g/mol. The van der Waals surface area contributed by atoms with E-state index in [-0.39, 0.29) is 12.1 Å². The highest BCUT2D eigenvalue weighted by molar-refractivity contribution is 7.17. The van der Waals surface area contributed by atoms with Crippen molar-refractivity contribution in [3.63, 3.8) is 0 Å². The lowest BCUT2D eigenvalue weighted by Crippen LogP contribution is -2.22. The lowest BCUT2D eigenvalue weighted by Gasteiger charge is -2.14. The normalized spacial score (nSPS) is 13.4. The average Bonchev–Trinajstić information content (AvgIpc) is 2.98. The van der Waals surface area contributed by atoms with Gasteiger partial charge in [0.1, 0.15) is 0 Å². The van der Waals surface area contributed by atoms with Crippen LogP contribution in [0.1, 0.15) is 17.2 Å². The molecule has 2 heterocycles. The van der Waals surface area contributed by atoms with Crippen molar-refractivity contribution in [1.82, 2.24) is 4.57 Å². The number of hydrogen-bond donors (Lipinski definition) is 1. The van der Waals surface area contributed by atoms with Gasteiger partial charge in [-0.05, 0) is 35.2 Å². The van der Waals surface area contributed by atoms with Crippen LogP contribution in [0.25, 0.3) is 10.1 Å². The number of pyridine rings is 1. The Morgan fingerprint density at radius 3 is 2.48 bits per heavy atom. The summed E-state index contributed by atoms with van der Waals surface area (Å²) in [5, 5.41) is 12.6. The zero-order valence-electron chi connectivity index (χ0n) is 11.7. The Morgan fingerprint density at radius 1 is 1.13 bits per heavy atom. The van der Waals surface area contributed by atoms with E-state index >= 15 is 0 Å². The summed E-state index contributed by atoms with van der Waals surface area (Å²) >= 11 is 1.45. The second-order valence-electron chi connectivity index (χ2n) is 5.11. The van der Waals surface area contributed by atoms with Gasteiger partial charge in [0.15, 0.2) is 0 Å². The molecule has 0 aliphatic carbocycles. The number of thiophene rings is 1. The van der Waals surface area contributed by atoms with Crippen molar-refractivity contribution < 1.29 is 18.3 Å². The molecule has 0 amide bonds. The lowest BCUT2D eigenvalue weighted by atomic mass is 10.1. The van der Waals surface area contributed by atoms with Crippen LogP contribution in [-0.4, -0.2) is 9.67 Å². The number of aliphatic hydroxyl groups is 1. The molecule has 0 spiro atoms. The van der Waals surface area contributed by atoms with Crippen LogP contribution >= 0.6 is 11.3 Å². The van der Waals surface area contributed by atoms with Crippen LogP contribution in [0.5, 0.6) is 0 Å². The summed E-state index contributed by atoms with van der Waals surface area (Å²) in [5.74, 6) is 0. The molecule has 1 aromatic carbocycles. The number of fused-ring (bicyclic) bond motifs is 1. The van der Waals surface area contributed by atoms with Gasteiger partial charge in [-0.2, -0.15) is 13.2 Å². The lowest BCUT2D eigenvalue weighted by molar-refractivity contribution is -0.137. The van der Waals surface area contributed by atoms with Crippen molar-refractivity contribution in [2.24, 2.45) is 0 Å². The van der Waals surface area contributed by atoms with Crippen LogP contribution in [0, 0.1) is 0 Å². The van der Waals surface area contributed by atoms with Gasteiger partial charge in [0.2, 0.25) is 0 Å². The number of rotatable bonds is 3. The Balaban J connectivity index is 1.84. The van der Waals surface area contributed by atoms with Crippen molar-refractivity contribution >= 4 is 21.4 Å². The van der Waals surface area contributed by atoms with Gasteiger partial charge < -0.3 is 9.67 Å². The fraction of sp³-hybridized carbons (Fsp3) is 0.188. The molecule has 1 unspecified atom stereocenters. The van der Waals surface area contributed by atoms with Gasteiger partial charge in [-0.1, -0.05) is 12.1 Å². The molecule has 23 heavy (non-hydrogen) atoms. The molecule has 2 aromatic heterocycles. The van der Waals surface area contributed by atoms with Gasteiger partial charge in [-0.15, -0.1) is 11.3 Å². The minimum atomic E-state index is -4.41. The molecule has 1 N–H and O–H groups in total. The number of benzene rings is 1. The molecule has 0 radical (unpaired) electrons. The maximum atomic E-state index is 12.5. The first-order valence-electron chi connectivity index (χ1n) is 6.78. The number of halogens is 3. The van der Waals surface area contributed by atoms with E-state index < -0.39 is 17.8 Å². The molecule has 0 fully saturated rings. The van der Waals surface area contributed by atoms with Gasteiger partial charge in [0.05, 0.1) is 23.6 Å². The summed E-state index contributed by atoms with van der Waals surface area (Å²) in [7, 11) is 0. The molecule has 0 aliphatic rings. The smallest absolute Gasteiger partial charge is 0.387 e. The Kier molecular flexibility index (Phi) is 3.99. The van der Waals surface area contributed by atoms with E-state index in [2.05, 4.69) is 0 Å². The fourth-order valence-electron chi connectivity index (χ4n) is 2.34. The Morgan fingerprint density at radius 2 is 1.83 bits per heavy atom. The van der Waals surface area contributed by atoms with Crippen LogP contribution < -0.4 is 5.56 Å². The third-order valence-corrected chi connectivity index (χ3v) is 4.47. The second kappa shape index (κ2) is 5.82. The van der Waals surface area contributed by atoms with Crippen LogP contribution in [-0.2, 0) is 12.7 Å². The molecule has 3 aromatic rings. The topological polar surface area (TPSA) is 42.2 Å². The van der Waals surface area contributed by atoms with E-state index in [9.17, 15) is 23.1 Å². The van der Waals surface area contributed by atoms with Gasteiger partial charge in [0.25, 0.3) is 5.56 Å². The van der Waals surface area contributed by atoms with Crippen molar-refractivity contribution in [2.45, 2.75) is 18.8 Å². The van der Waals surface area contributed by atoms with E-state index in [1.54, 1.807) is 18.3 Å². The SMILES string of the molecule is O=c1c2ccsc2ccn1CC(O)c1ccc(C(F)(F)F)cc1. The first kappa shape index (κ1) is 15.8. The minimum Gasteiger partial charge on any atom is -0.387 e.